The summed E-state index contributed by atoms with van der Waals surface area (Å²) in [5.41, 5.74) is 3.76. The number of anilines is 1. The van der Waals surface area contributed by atoms with E-state index in [1.807, 2.05) is 54.8 Å². The molecule has 0 unspecified atom stereocenters. The fourth-order valence-corrected chi connectivity index (χ4v) is 6.61. The predicted octanol–water partition coefficient (Wildman–Crippen LogP) is 6.44. The van der Waals surface area contributed by atoms with Crippen LogP contribution in [-0.4, -0.2) is 37.6 Å². The molecule has 196 valence electrons. The molecule has 1 aliphatic carbocycles. The Morgan fingerprint density at radius 3 is 2.68 bits per heavy atom. The minimum atomic E-state index is -1.03. The molecule has 8 nitrogen and oxygen atoms in total. The number of hydrogen-bond donors (Lipinski definition) is 1. The van der Waals surface area contributed by atoms with E-state index in [1.165, 1.54) is 11.3 Å². The number of carbonyl (C=O) groups excluding carboxylic acids is 1. The SMILES string of the molecule is CC1CCC(C(=O)N(c2cc(-c3ccc4c(c3)OCn3c-4nc4ncccc43)sc2C(=O)O)C(C)C)CC1. The number of ether oxygens (including phenoxy) is 1. The summed E-state index contributed by atoms with van der Waals surface area (Å²) in [7, 11) is 0. The van der Waals surface area contributed by atoms with E-state index in [2.05, 4.69) is 11.9 Å². The molecule has 1 aliphatic heterocycles. The van der Waals surface area contributed by atoms with Gasteiger partial charge in [0.1, 0.15) is 16.5 Å². The minimum absolute atomic E-state index is 0.0278. The molecule has 1 N–H and O–H groups in total. The normalized spacial score (nSPS) is 18.6. The molecule has 9 heteroatoms. The van der Waals surface area contributed by atoms with E-state index < -0.39 is 5.97 Å². The molecule has 1 fully saturated rings. The van der Waals surface area contributed by atoms with Crippen molar-refractivity contribution in [1.82, 2.24) is 14.5 Å². The lowest BCUT2D eigenvalue weighted by atomic mass is 9.82. The number of pyridine rings is 1. The van der Waals surface area contributed by atoms with E-state index >= 15 is 0 Å². The van der Waals surface area contributed by atoms with Gasteiger partial charge in [0, 0.05) is 23.0 Å². The van der Waals surface area contributed by atoms with Crippen LogP contribution in [0.25, 0.3) is 33.0 Å². The molecule has 0 saturated heterocycles. The maximum absolute atomic E-state index is 13.7. The lowest BCUT2D eigenvalue weighted by Crippen LogP contribution is -2.42. The van der Waals surface area contributed by atoms with E-state index in [-0.39, 0.29) is 22.7 Å². The zero-order valence-electron chi connectivity index (χ0n) is 21.7. The average molecular weight is 531 g/mol. The Morgan fingerprint density at radius 2 is 1.95 bits per heavy atom. The highest BCUT2D eigenvalue weighted by molar-refractivity contribution is 7.18. The molecule has 0 atom stereocenters. The molecular weight excluding hydrogens is 500 g/mol. The monoisotopic (exact) mass is 530 g/mol. The third-order valence-electron chi connectivity index (χ3n) is 7.67. The summed E-state index contributed by atoms with van der Waals surface area (Å²) < 4.78 is 8.09. The fraction of sp³-hybridized carbons (Fsp3) is 0.379. The van der Waals surface area contributed by atoms with Gasteiger partial charge in [-0.2, -0.15) is 0 Å². The number of carboxylic acids is 1. The lowest BCUT2D eigenvalue weighted by Gasteiger charge is -2.33. The average Bonchev–Trinajstić information content (AvgIpc) is 3.51. The highest BCUT2D eigenvalue weighted by Crippen LogP contribution is 2.43. The van der Waals surface area contributed by atoms with Crippen molar-refractivity contribution in [2.45, 2.75) is 59.2 Å². The first kappa shape index (κ1) is 24.6. The molecule has 4 aromatic rings. The van der Waals surface area contributed by atoms with Gasteiger partial charge in [-0.15, -0.1) is 11.3 Å². The van der Waals surface area contributed by atoms with E-state index in [4.69, 9.17) is 9.72 Å². The van der Waals surface area contributed by atoms with E-state index in [9.17, 15) is 14.7 Å². The van der Waals surface area contributed by atoms with Crippen molar-refractivity contribution in [2.24, 2.45) is 11.8 Å². The summed E-state index contributed by atoms with van der Waals surface area (Å²) in [6, 6.07) is 11.4. The Labute approximate surface area is 224 Å². The maximum atomic E-state index is 13.7. The van der Waals surface area contributed by atoms with Crippen molar-refractivity contribution < 1.29 is 19.4 Å². The number of fused-ring (bicyclic) bond motifs is 5. The number of rotatable bonds is 5. The van der Waals surface area contributed by atoms with Gasteiger partial charge in [-0.05, 0) is 81.3 Å². The van der Waals surface area contributed by atoms with Crippen LogP contribution in [0.1, 0.15) is 56.1 Å². The number of carboxylic acid groups (broad SMARTS) is 1. The number of imidazole rings is 1. The second-order valence-corrected chi connectivity index (χ2v) is 11.6. The number of aromatic nitrogens is 3. The molecular formula is C29H30N4O4S. The Balaban J connectivity index is 1.37. The zero-order chi connectivity index (χ0) is 26.6. The van der Waals surface area contributed by atoms with Crippen LogP contribution >= 0.6 is 11.3 Å². The third-order valence-corrected chi connectivity index (χ3v) is 8.83. The van der Waals surface area contributed by atoms with E-state index in [0.29, 0.717) is 29.7 Å². The van der Waals surface area contributed by atoms with Gasteiger partial charge in [-0.3, -0.25) is 9.36 Å². The molecule has 1 amide bonds. The second kappa shape index (κ2) is 9.54. The second-order valence-electron chi connectivity index (χ2n) is 10.6. The predicted molar refractivity (Wildman–Crippen MR) is 148 cm³/mol. The van der Waals surface area contributed by atoms with Crippen molar-refractivity contribution in [1.29, 1.82) is 0 Å². The highest BCUT2D eigenvalue weighted by atomic mass is 32.1. The van der Waals surface area contributed by atoms with Crippen LogP contribution in [0.5, 0.6) is 5.75 Å². The van der Waals surface area contributed by atoms with E-state index in [0.717, 1.165) is 53.0 Å². The summed E-state index contributed by atoms with van der Waals surface area (Å²) in [5.74, 6) is 1.05. The topological polar surface area (TPSA) is 97.5 Å². The zero-order valence-corrected chi connectivity index (χ0v) is 22.5. The first-order valence-electron chi connectivity index (χ1n) is 13.1. The lowest BCUT2D eigenvalue weighted by molar-refractivity contribution is -0.123. The molecule has 0 spiro atoms. The largest absolute Gasteiger partial charge is 0.477 e. The van der Waals surface area contributed by atoms with Gasteiger partial charge in [-0.1, -0.05) is 13.0 Å². The molecule has 0 bridgehead atoms. The Bertz CT molecular complexity index is 1550. The number of carbonyl (C=O) groups is 2. The molecule has 3 aromatic heterocycles. The summed E-state index contributed by atoms with van der Waals surface area (Å²) in [6.07, 6.45) is 5.49. The summed E-state index contributed by atoms with van der Waals surface area (Å²) >= 11 is 1.19. The molecule has 6 rings (SSSR count). The number of aromatic carboxylic acids is 1. The number of hydrogen-bond acceptors (Lipinski definition) is 6. The van der Waals surface area contributed by atoms with Crippen molar-refractivity contribution in [3.05, 3.63) is 47.5 Å². The standard InChI is InChI=1S/C29H30N4O4S/c1-16(2)33(28(34)18-8-6-17(3)7-9-18)22-14-24(38-25(22)29(35)36)19-10-11-20-23(13-19)37-15-32-21-5-4-12-30-26(21)31-27(20)32/h4-5,10-14,16-18H,6-9,15H2,1-3H3,(H,35,36). The quantitative estimate of drug-likeness (QED) is 0.319. The number of amides is 1. The Kier molecular flexibility index (Phi) is 6.18. The molecule has 4 heterocycles. The van der Waals surface area contributed by atoms with Crippen LogP contribution in [0.2, 0.25) is 0 Å². The first-order chi connectivity index (χ1) is 18.3. The summed E-state index contributed by atoms with van der Waals surface area (Å²) in [6.45, 7) is 6.43. The smallest absolute Gasteiger partial charge is 0.348 e. The summed E-state index contributed by atoms with van der Waals surface area (Å²) in [4.78, 5) is 37.7. The maximum Gasteiger partial charge on any atom is 0.348 e. The molecule has 38 heavy (non-hydrogen) atoms. The van der Waals surface area contributed by atoms with Gasteiger partial charge in [0.2, 0.25) is 5.91 Å². The van der Waals surface area contributed by atoms with Gasteiger partial charge in [0.15, 0.2) is 12.4 Å². The summed E-state index contributed by atoms with van der Waals surface area (Å²) in [5, 5.41) is 10.1. The molecule has 1 aromatic carbocycles. The van der Waals surface area contributed by atoms with Crippen molar-refractivity contribution in [3.63, 3.8) is 0 Å². The highest BCUT2D eigenvalue weighted by Gasteiger charge is 2.33. The van der Waals surface area contributed by atoms with Crippen LogP contribution in [-0.2, 0) is 11.5 Å². The van der Waals surface area contributed by atoms with E-state index in [1.54, 1.807) is 11.1 Å². The Morgan fingerprint density at radius 1 is 1.16 bits per heavy atom. The first-order valence-corrected chi connectivity index (χ1v) is 13.9. The Hall–Kier alpha value is -3.72. The van der Waals surface area contributed by atoms with Crippen molar-refractivity contribution in [3.8, 4) is 27.6 Å². The van der Waals surface area contributed by atoms with Gasteiger partial charge in [0.05, 0.1) is 16.8 Å². The van der Waals surface area contributed by atoms with Gasteiger partial charge >= 0.3 is 5.97 Å². The molecule has 0 radical (unpaired) electrons. The van der Waals surface area contributed by atoms with Crippen molar-refractivity contribution >= 4 is 40.1 Å². The van der Waals surface area contributed by atoms with Crippen LogP contribution in [0, 0.1) is 11.8 Å². The fourth-order valence-electron chi connectivity index (χ4n) is 5.62. The van der Waals surface area contributed by atoms with Gasteiger partial charge in [-0.25, -0.2) is 14.8 Å². The third kappa shape index (κ3) is 4.15. The number of thiophene rings is 1. The molecule has 2 aliphatic rings. The van der Waals surface area contributed by atoms with Crippen LogP contribution < -0.4 is 9.64 Å². The minimum Gasteiger partial charge on any atom is -0.477 e. The van der Waals surface area contributed by atoms with Gasteiger partial charge < -0.3 is 14.7 Å². The van der Waals surface area contributed by atoms with Gasteiger partial charge in [0.25, 0.3) is 0 Å². The van der Waals surface area contributed by atoms with Crippen LogP contribution in [0.15, 0.2) is 42.6 Å². The van der Waals surface area contributed by atoms with Crippen LogP contribution in [0.3, 0.4) is 0 Å². The van der Waals surface area contributed by atoms with Crippen molar-refractivity contribution in [2.75, 3.05) is 4.90 Å². The number of benzene rings is 1. The van der Waals surface area contributed by atoms with Crippen LogP contribution in [0.4, 0.5) is 5.69 Å². The number of nitrogens with zero attached hydrogens (tertiary/aromatic N) is 4. The molecule has 1 saturated carbocycles.